The van der Waals surface area contributed by atoms with Crippen LogP contribution in [0.5, 0.6) is 0 Å². The summed E-state index contributed by atoms with van der Waals surface area (Å²) in [7, 11) is 0. The summed E-state index contributed by atoms with van der Waals surface area (Å²) in [6, 6.07) is 0. The Morgan fingerprint density at radius 3 is 2.15 bits per heavy atom. The molecule has 0 bridgehead atoms. The lowest BCUT2D eigenvalue weighted by molar-refractivity contribution is 0.412. The molecule has 0 N–H and O–H groups in total. The Labute approximate surface area is 83.7 Å². The van der Waals surface area contributed by atoms with Crippen molar-refractivity contribution in [3.8, 4) is 0 Å². The van der Waals surface area contributed by atoms with E-state index in [1.807, 2.05) is 6.08 Å². The zero-order valence-electron chi connectivity index (χ0n) is 9.64. The topological polar surface area (TPSA) is 0 Å². The molecule has 0 nitrogen and oxygen atoms in total. The summed E-state index contributed by atoms with van der Waals surface area (Å²) < 4.78 is 0. The molecular weight excluding hydrogens is 156 g/mol. The van der Waals surface area contributed by atoms with Gasteiger partial charge in [-0.3, -0.25) is 0 Å². The summed E-state index contributed by atoms with van der Waals surface area (Å²) in [4.78, 5) is 0. The summed E-state index contributed by atoms with van der Waals surface area (Å²) in [5.74, 6) is 1.97. The summed E-state index contributed by atoms with van der Waals surface area (Å²) >= 11 is 0. The molecule has 13 heavy (non-hydrogen) atoms. The zero-order valence-corrected chi connectivity index (χ0v) is 9.64. The monoisotopic (exact) mass is 180 g/mol. The van der Waals surface area contributed by atoms with Crippen molar-refractivity contribution in [1.82, 2.24) is 0 Å². The first kappa shape index (κ1) is 12.5. The first-order valence-corrected chi connectivity index (χ1v) is 5.33. The van der Waals surface area contributed by atoms with Crippen LogP contribution in [-0.2, 0) is 0 Å². The number of hydrogen-bond acceptors (Lipinski definition) is 0. The van der Waals surface area contributed by atoms with E-state index in [2.05, 4.69) is 40.9 Å². The molecule has 0 fully saturated rings. The van der Waals surface area contributed by atoms with E-state index in [1.54, 1.807) is 0 Å². The van der Waals surface area contributed by atoms with Crippen LogP contribution in [0.15, 0.2) is 24.8 Å². The number of rotatable bonds is 6. The van der Waals surface area contributed by atoms with Gasteiger partial charge in [-0.2, -0.15) is 0 Å². The molecule has 2 atom stereocenters. The highest BCUT2D eigenvalue weighted by Crippen LogP contribution is 2.27. The summed E-state index contributed by atoms with van der Waals surface area (Å²) in [6.07, 6.45) is 4.32. The van der Waals surface area contributed by atoms with Crippen LogP contribution in [0.4, 0.5) is 0 Å². The predicted molar refractivity (Wildman–Crippen MR) is 61.7 cm³/mol. The Kier molecular flexibility index (Phi) is 5.77. The van der Waals surface area contributed by atoms with Crippen LogP contribution in [0.25, 0.3) is 0 Å². The molecule has 0 aromatic rings. The molecule has 0 heteroatoms. The fourth-order valence-corrected chi connectivity index (χ4v) is 1.88. The first-order chi connectivity index (χ1) is 6.02. The molecule has 0 amide bonds. The molecular formula is C13H24. The SMILES string of the molecule is C=CC(C)CC(=C)C(CC)C(C)C. The molecule has 0 aliphatic rings. The van der Waals surface area contributed by atoms with Gasteiger partial charge < -0.3 is 0 Å². The molecule has 0 aliphatic heterocycles. The van der Waals surface area contributed by atoms with E-state index in [9.17, 15) is 0 Å². The van der Waals surface area contributed by atoms with Crippen molar-refractivity contribution in [3.63, 3.8) is 0 Å². The third-order valence-corrected chi connectivity index (χ3v) is 2.76. The number of allylic oxidation sites excluding steroid dienone is 2. The van der Waals surface area contributed by atoms with Crippen molar-refractivity contribution in [1.29, 1.82) is 0 Å². The van der Waals surface area contributed by atoms with Gasteiger partial charge in [-0.25, -0.2) is 0 Å². The maximum atomic E-state index is 4.19. The molecule has 0 spiro atoms. The quantitative estimate of drug-likeness (QED) is 0.530. The zero-order chi connectivity index (χ0) is 10.4. The van der Waals surface area contributed by atoms with Crippen molar-refractivity contribution in [3.05, 3.63) is 24.8 Å². The van der Waals surface area contributed by atoms with Gasteiger partial charge >= 0.3 is 0 Å². The van der Waals surface area contributed by atoms with Crippen LogP contribution in [0.3, 0.4) is 0 Å². The predicted octanol–water partition coefficient (Wildman–Crippen LogP) is 4.44. The van der Waals surface area contributed by atoms with Crippen molar-refractivity contribution in [2.24, 2.45) is 17.8 Å². The minimum Gasteiger partial charge on any atom is -0.103 e. The van der Waals surface area contributed by atoms with Crippen molar-refractivity contribution >= 4 is 0 Å². The lowest BCUT2D eigenvalue weighted by atomic mass is 9.83. The average Bonchev–Trinajstić information content (AvgIpc) is 2.04. The third kappa shape index (κ3) is 4.31. The Hall–Kier alpha value is -0.520. The molecule has 76 valence electrons. The second kappa shape index (κ2) is 6.01. The highest BCUT2D eigenvalue weighted by molar-refractivity contribution is 5.04. The molecule has 0 aromatic heterocycles. The highest BCUT2D eigenvalue weighted by Gasteiger charge is 2.15. The van der Waals surface area contributed by atoms with Crippen LogP contribution in [-0.4, -0.2) is 0 Å². The fraction of sp³-hybridized carbons (Fsp3) is 0.692. The molecule has 0 aliphatic carbocycles. The normalized spacial score (nSPS) is 15.5. The van der Waals surface area contributed by atoms with Gasteiger partial charge in [0.25, 0.3) is 0 Å². The molecule has 0 radical (unpaired) electrons. The van der Waals surface area contributed by atoms with Gasteiger partial charge in [0.1, 0.15) is 0 Å². The molecule has 2 unspecified atom stereocenters. The fourth-order valence-electron chi connectivity index (χ4n) is 1.88. The van der Waals surface area contributed by atoms with Crippen LogP contribution >= 0.6 is 0 Å². The van der Waals surface area contributed by atoms with E-state index in [1.165, 1.54) is 12.0 Å². The average molecular weight is 180 g/mol. The summed E-state index contributed by atoms with van der Waals surface area (Å²) in [5.41, 5.74) is 1.39. The van der Waals surface area contributed by atoms with E-state index in [4.69, 9.17) is 0 Å². The van der Waals surface area contributed by atoms with Gasteiger partial charge in [0.05, 0.1) is 0 Å². The largest absolute Gasteiger partial charge is 0.103 e. The lowest BCUT2D eigenvalue weighted by Crippen LogP contribution is -2.11. The van der Waals surface area contributed by atoms with E-state index < -0.39 is 0 Å². The van der Waals surface area contributed by atoms with Gasteiger partial charge in [0.2, 0.25) is 0 Å². The molecule has 0 aromatic carbocycles. The highest BCUT2D eigenvalue weighted by atomic mass is 14.2. The van der Waals surface area contributed by atoms with Gasteiger partial charge in [-0.1, -0.05) is 45.9 Å². The summed E-state index contributed by atoms with van der Waals surface area (Å²) in [6.45, 7) is 17.0. The Morgan fingerprint density at radius 1 is 1.31 bits per heavy atom. The maximum absolute atomic E-state index is 4.19. The molecule has 0 saturated carbocycles. The molecule has 0 saturated heterocycles. The first-order valence-electron chi connectivity index (χ1n) is 5.33. The van der Waals surface area contributed by atoms with Crippen LogP contribution in [0, 0.1) is 17.8 Å². The van der Waals surface area contributed by atoms with E-state index in [0.29, 0.717) is 11.8 Å². The van der Waals surface area contributed by atoms with E-state index in [-0.39, 0.29) is 0 Å². The standard InChI is InChI=1S/C13H24/c1-7-11(5)9-12(6)13(8-2)10(3)4/h7,10-11,13H,1,6,8-9H2,2-5H3. The Bertz CT molecular complexity index is 165. The minimum absolute atomic E-state index is 0.570. The second-order valence-electron chi connectivity index (χ2n) is 4.33. The molecule has 0 heterocycles. The van der Waals surface area contributed by atoms with Crippen LogP contribution in [0.2, 0.25) is 0 Å². The Morgan fingerprint density at radius 2 is 1.85 bits per heavy atom. The van der Waals surface area contributed by atoms with Crippen LogP contribution < -0.4 is 0 Å². The van der Waals surface area contributed by atoms with Crippen molar-refractivity contribution in [2.75, 3.05) is 0 Å². The molecule has 0 rings (SSSR count). The minimum atomic E-state index is 0.570. The van der Waals surface area contributed by atoms with Crippen LogP contribution in [0.1, 0.15) is 40.5 Å². The van der Waals surface area contributed by atoms with Crippen molar-refractivity contribution < 1.29 is 0 Å². The van der Waals surface area contributed by atoms with E-state index in [0.717, 1.165) is 12.3 Å². The summed E-state index contributed by atoms with van der Waals surface area (Å²) in [5, 5.41) is 0. The number of hydrogen-bond donors (Lipinski definition) is 0. The smallest absolute Gasteiger partial charge is 0.0185 e. The van der Waals surface area contributed by atoms with E-state index >= 15 is 0 Å². The van der Waals surface area contributed by atoms with Gasteiger partial charge in [0, 0.05) is 0 Å². The van der Waals surface area contributed by atoms with Gasteiger partial charge in [-0.15, -0.1) is 6.58 Å². The third-order valence-electron chi connectivity index (χ3n) is 2.76. The van der Waals surface area contributed by atoms with Gasteiger partial charge in [-0.05, 0) is 30.6 Å². The second-order valence-corrected chi connectivity index (χ2v) is 4.33. The van der Waals surface area contributed by atoms with Crippen molar-refractivity contribution in [2.45, 2.75) is 40.5 Å². The lowest BCUT2D eigenvalue weighted by Gasteiger charge is -2.23. The van der Waals surface area contributed by atoms with Gasteiger partial charge in [0.15, 0.2) is 0 Å². The Balaban J connectivity index is 4.13. The maximum Gasteiger partial charge on any atom is -0.0185 e.